The Morgan fingerprint density at radius 3 is 2.76 bits per heavy atom. The highest BCUT2D eigenvalue weighted by molar-refractivity contribution is 5.93. The Morgan fingerprint density at radius 1 is 1.28 bits per heavy atom. The number of likely N-dealkylation sites (N-methyl/N-ethyl adjacent to an activating group) is 1. The van der Waals surface area contributed by atoms with E-state index in [1.807, 2.05) is 38.2 Å². The summed E-state index contributed by atoms with van der Waals surface area (Å²) in [5, 5.41) is 0. The summed E-state index contributed by atoms with van der Waals surface area (Å²) in [5.74, 6) is -0.334. The number of aryl methyl sites for hydroxylation is 1. The van der Waals surface area contributed by atoms with Crippen LogP contribution in [0.1, 0.15) is 12.0 Å². The predicted octanol–water partition coefficient (Wildman–Crippen LogP) is 4.08. The van der Waals surface area contributed by atoms with Crippen LogP contribution < -0.4 is 4.90 Å². The van der Waals surface area contributed by atoms with E-state index in [0.29, 0.717) is 11.3 Å². The van der Waals surface area contributed by atoms with Gasteiger partial charge in [-0.25, -0.2) is 9.18 Å². The lowest BCUT2D eigenvalue weighted by Gasteiger charge is -2.23. The summed E-state index contributed by atoms with van der Waals surface area (Å²) in [4.78, 5) is 16.1. The summed E-state index contributed by atoms with van der Waals surface area (Å²) in [5.41, 5.74) is 3.25. The number of amides is 1. The van der Waals surface area contributed by atoms with Crippen LogP contribution in [0.4, 0.5) is 14.9 Å². The Labute approximate surface area is 147 Å². The molecule has 0 aliphatic carbocycles. The molecule has 5 heteroatoms. The third-order valence-electron chi connectivity index (χ3n) is 4.54. The van der Waals surface area contributed by atoms with Gasteiger partial charge in [0.15, 0.2) is 0 Å². The second-order valence-electron chi connectivity index (χ2n) is 6.65. The molecule has 0 radical (unpaired) electrons. The van der Waals surface area contributed by atoms with Crippen molar-refractivity contribution in [2.75, 3.05) is 32.1 Å². The second-order valence-corrected chi connectivity index (χ2v) is 6.65. The van der Waals surface area contributed by atoms with Crippen molar-refractivity contribution in [3.63, 3.8) is 0 Å². The molecule has 1 amide bonds. The van der Waals surface area contributed by atoms with Gasteiger partial charge in [-0.1, -0.05) is 29.8 Å². The fraction of sp³-hybridized carbons (Fsp3) is 0.350. The molecule has 1 fully saturated rings. The average Bonchev–Trinajstić information content (AvgIpc) is 2.99. The van der Waals surface area contributed by atoms with Crippen LogP contribution >= 0.6 is 0 Å². The van der Waals surface area contributed by atoms with Gasteiger partial charge in [-0.05, 0) is 44.2 Å². The topological polar surface area (TPSA) is 32.8 Å². The number of nitrogens with zero attached hydrogens (tertiary/aromatic N) is 2. The minimum absolute atomic E-state index is 0.0946. The number of carbonyl (C=O) groups is 1. The molecule has 0 spiro atoms. The molecule has 1 aliphatic rings. The van der Waals surface area contributed by atoms with E-state index in [-0.39, 0.29) is 11.9 Å². The van der Waals surface area contributed by atoms with E-state index in [1.54, 1.807) is 13.1 Å². The molecule has 0 aromatic heterocycles. The predicted molar refractivity (Wildman–Crippen MR) is 97.4 cm³/mol. The van der Waals surface area contributed by atoms with Crippen molar-refractivity contribution in [3.8, 4) is 11.1 Å². The zero-order valence-corrected chi connectivity index (χ0v) is 14.8. The first-order valence-electron chi connectivity index (χ1n) is 8.43. The summed E-state index contributed by atoms with van der Waals surface area (Å²) < 4.78 is 19.4. The Morgan fingerprint density at radius 2 is 2.08 bits per heavy atom. The largest absolute Gasteiger partial charge is 0.444 e. The van der Waals surface area contributed by atoms with E-state index in [2.05, 4.69) is 4.90 Å². The zero-order chi connectivity index (χ0) is 18.0. The average molecular weight is 342 g/mol. The maximum Gasteiger partial charge on any atom is 0.414 e. The van der Waals surface area contributed by atoms with Crippen LogP contribution in [0.25, 0.3) is 11.1 Å². The minimum Gasteiger partial charge on any atom is -0.444 e. The molecule has 0 unspecified atom stereocenters. The van der Waals surface area contributed by atoms with Gasteiger partial charge in [0.05, 0.1) is 5.69 Å². The molecule has 0 bridgehead atoms. The first-order valence-corrected chi connectivity index (χ1v) is 8.43. The first kappa shape index (κ1) is 17.4. The molecule has 25 heavy (non-hydrogen) atoms. The lowest BCUT2D eigenvalue weighted by Crippen LogP contribution is -2.32. The number of hydrogen-bond acceptors (Lipinski definition) is 3. The highest BCUT2D eigenvalue weighted by Crippen LogP contribution is 2.32. The summed E-state index contributed by atoms with van der Waals surface area (Å²) in [7, 11) is 3.67. The van der Waals surface area contributed by atoms with Crippen LogP contribution in [0.2, 0.25) is 0 Å². The summed E-state index contributed by atoms with van der Waals surface area (Å²) in [6.45, 7) is 3.65. The molecular weight excluding hydrogens is 319 g/mol. The van der Waals surface area contributed by atoms with Gasteiger partial charge in [0.2, 0.25) is 0 Å². The van der Waals surface area contributed by atoms with Crippen molar-refractivity contribution in [2.45, 2.75) is 19.4 Å². The third-order valence-corrected chi connectivity index (χ3v) is 4.54. The van der Waals surface area contributed by atoms with Gasteiger partial charge in [-0.15, -0.1) is 0 Å². The summed E-state index contributed by atoms with van der Waals surface area (Å²) in [6, 6.07) is 12.2. The fourth-order valence-corrected chi connectivity index (χ4v) is 3.16. The number of benzene rings is 2. The van der Waals surface area contributed by atoms with E-state index in [0.717, 1.165) is 30.6 Å². The van der Waals surface area contributed by atoms with Gasteiger partial charge < -0.3 is 9.64 Å². The highest BCUT2D eigenvalue weighted by atomic mass is 19.1. The van der Waals surface area contributed by atoms with Crippen molar-refractivity contribution in [1.29, 1.82) is 0 Å². The number of ether oxygens (including phenoxy) is 1. The number of carbonyl (C=O) groups excluding carboxylic acids is 1. The Balaban J connectivity index is 1.87. The van der Waals surface area contributed by atoms with Gasteiger partial charge in [-0.2, -0.15) is 0 Å². The fourth-order valence-electron chi connectivity index (χ4n) is 3.16. The minimum atomic E-state index is -0.416. The van der Waals surface area contributed by atoms with Crippen LogP contribution in [0.5, 0.6) is 0 Å². The van der Waals surface area contributed by atoms with Crippen molar-refractivity contribution in [3.05, 3.63) is 53.8 Å². The molecule has 1 heterocycles. The standard InChI is InChI=1S/C20H23FN2O2/c1-14-5-4-6-15(11-14)18-12-16(21)7-8-19(18)23(3)20(24)25-17-9-10-22(2)13-17/h4-8,11-12,17H,9-10,13H2,1-3H3/t17-/m0/s1. The maximum atomic E-state index is 13.8. The van der Waals surface area contributed by atoms with E-state index in [9.17, 15) is 9.18 Å². The van der Waals surface area contributed by atoms with Crippen LogP contribution in [-0.2, 0) is 4.74 Å². The molecule has 0 N–H and O–H groups in total. The molecule has 2 aromatic rings. The molecule has 1 aliphatic heterocycles. The maximum absolute atomic E-state index is 13.8. The lowest BCUT2D eigenvalue weighted by atomic mass is 10.0. The number of rotatable bonds is 3. The quantitative estimate of drug-likeness (QED) is 0.843. The number of halogens is 1. The van der Waals surface area contributed by atoms with Crippen LogP contribution in [0.3, 0.4) is 0 Å². The van der Waals surface area contributed by atoms with Crippen LogP contribution in [-0.4, -0.2) is 44.3 Å². The molecule has 2 aromatic carbocycles. The highest BCUT2D eigenvalue weighted by Gasteiger charge is 2.26. The van der Waals surface area contributed by atoms with Gasteiger partial charge in [0.25, 0.3) is 0 Å². The van der Waals surface area contributed by atoms with E-state index in [4.69, 9.17) is 4.74 Å². The van der Waals surface area contributed by atoms with Crippen molar-refractivity contribution >= 4 is 11.8 Å². The second kappa shape index (κ2) is 7.23. The normalized spacial score (nSPS) is 17.5. The lowest BCUT2D eigenvalue weighted by molar-refractivity contribution is 0.110. The SMILES string of the molecule is Cc1cccc(-c2cc(F)ccc2N(C)C(=O)O[C@H]2CCN(C)C2)c1. The molecule has 1 atom stereocenters. The smallest absolute Gasteiger partial charge is 0.414 e. The van der Waals surface area contributed by atoms with Crippen molar-refractivity contribution in [2.24, 2.45) is 0 Å². The number of anilines is 1. The Kier molecular flexibility index (Phi) is 5.04. The monoisotopic (exact) mass is 342 g/mol. The molecular formula is C20H23FN2O2. The van der Waals surface area contributed by atoms with Crippen LogP contribution in [0.15, 0.2) is 42.5 Å². The van der Waals surface area contributed by atoms with Crippen molar-refractivity contribution in [1.82, 2.24) is 4.90 Å². The third kappa shape index (κ3) is 3.99. The molecule has 4 nitrogen and oxygen atoms in total. The molecule has 3 rings (SSSR count). The van der Waals surface area contributed by atoms with Crippen LogP contribution in [0, 0.1) is 12.7 Å². The van der Waals surface area contributed by atoms with E-state index < -0.39 is 6.09 Å². The van der Waals surface area contributed by atoms with E-state index in [1.165, 1.54) is 17.0 Å². The Hall–Kier alpha value is -2.40. The molecule has 0 saturated carbocycles. The van der Waals surface area contributed by atoms with E-state index >= 15 is 0 Å². The number of likely N-dealkylation sites (tertiary alicyclic amines) is 1. The molecule has 132 valence electrons. The summed E-state index contributed by atoms with van der Waals surface area (Å²) in [6.07, 6.45) is 0.327. The first-order chi connectivity index (χ1) is 11.9. The summed E-state index contributed by atoms with van der Waals surface area (Å²) >= 11 is 0. The van der Waals surface area contributed by atoms with Gasteiger partial charge in [0.1, 0.15) is 11.9 Å². The Bertz CT molecular complexity index is 778. The van der Waals surface area contributed by atoms with Gasteiger partial charge >= 0.3 is 6.09 Å². The zero-order valence-electron chi connectivity index (χ0n) is 14.8. The van der Waals surface area contributed by atoms with Crippen molar-refractivity contribution < 1.29 is 13.9 Å². The van der Waals surface area contributed by atoms with Gasteiger partial charge in [-0.3, -0.25) is 4.90 Å². The molecule has 1 saturated heterocycles. The van der Waals surface area contributed by atoms with Gasteiger partial charge in [0, 0.05) is 25.7 Å². The number of hydrogen-bond donors (Lipinski definition) is 0.